The summed E-state index contributed by atoms with van der Waals surface area (Å²) >= 11 is 5.98. The fourth-order valence-corrected chi connectivity index (χ4v) is 6.27. The molecule has 178 valence electrons. The molecule has 1 saturated heterocycles. The third-order valence-electron chi connectivity index (χ3n) is 6.46. The quantitative estimate of drug-likeness (QED) is 0.551. The molecule has 1 aromatic heterocycles. The Bertz CT molecular complexity index is 1310. The minimum atomic E-state index is -3.92. The molecule has 0 unspecified atom stereocenters. The summed E-state index contributed by atoms with van der Waals surface area (Å²) in [6.07, 6.45) is 2.26. The zero-order valence-corrected chi connectivity index (χ0v) is 20.5. The second kappa shape index (κ2) is 9.05. The molecule has 2 aromatic carbocycles. The van der Waals surface area contributed by atoms with Crippen molar-refractivity contribution in [3.05, 3.63) is 76.4 Å². The van der Waals surface area contributed by atoms with Crippen LogP contribution in [0.15, 0.2) is 59.8 Å². The molecule has 0 bridgehead atoms. The van der Waals surface area contributed by atoms with Gasteiger partial charge in [0.1, 0.15) is 0 Å². The summed E-state index contributed by atoms with van der Waals surface area (Å²) in [5.41, 5.74) is 3.44. The van der Waals surface area contributed by atoms with Crippen LogP contribution in [0.1, 0.15) is 21.5 Å². The Morgan fingerprint density at radius 3 is 2.32 bits per heavy atom. The maximum atomic E-state index is 13.5. The third kappa shape index (κ3) is 4.31. The average Bonchev–Trinajstić information content (AvgIpc) is 3.26. The van der Waals surface area contributed by atoms with E-state index in [4.69, 9.17) is 11.6 Å². The van der Waals surface area contributed by atoms with Gasteiger partial charge >= 0.3 is 0 Å². The smallest absolute Gasteiger partial charge is 0.263 e. The molecule has 3 heterocycles. The molecule has 0 aliphatic carbocycles. The molecule has 10 heteroatoms. The molecule has 1 fully saturated rings. The van der Waals surface area contributed by atoms with Crippen molar-refractivity contribution in [3.63, 3.8) is 0 Å². The lowest BCUT2D eigenvalue weighted by molar-refractivity contribution is 0.0730. The normalized spacial score (nSPS) is 17.0. The summed E-state index contributed by atoms with van der Waals surface area (Å²) < 4.78 is 29.9. The molecule has 0 saturated carbocycles. The van der Waals surface area contributed by atoms with Gasteiger partial charge < -0.3 is 9.80 Å². The lowest BCUT2D eigenvalue weighted by Gasteiger charge is -2.35. The fraction of sp³-hybridized carbons (Fsp3) is 0.333. The third-order valence-corrected chi connectivity index (χ3v) is 8.55. The number of carbonyl (C=O) groups is 1. The van der Waals surface area contributed by atoms with Crippen molar-refractivity contribution in [2.45, 2.75) is 18.0 Å². The zero-order valence-electron chi connectivity index (χ0n) is 18.9. The van der Waals surface area contributed by atoms with Crippen LogP contribution < -0.4 is 4.90 Å². The van der Waals surface area contributed by atoms with Gasteiger partial charge in [0.05, 0.1) is 5.56 Å². The van der Waals surface area contributed by atoms with Gasteiger partial charge in [0.2, 0.25) is 5.03 Å². The van der Waals surface area contributed by atoms with E-state index in [-0.39, 0.29) is 16.5 Å². The van der Waals surface area contributed by atoms with E-state index in [1.54, 1.807) is 11.9 Å². The van der Waals surface area contributed by atoms with Gasteiger partial charge in [-0.25, -0.2) is 8.42 Å². The topological polar surface area (TPSA) is 78.8 Å². The fourth-order valence-electron chi connectivity index (χ4n) is 4.61. The van der Waals surface area contributed by atoms with Crippen LogP contribution in [0.5, 0.6) is 0 Å². The Kier molecular flexibility index (Phi) is 6.09. The Labute approximate surface area is 204 Å². The number of fused-ring (bicyclic) bond motifs is 1. The van der Waals surface area contributed by atoms with Gasteiger partial charge in [0.25, 0.3) is 15.9 Å². The highest BCUT2D eigenvalue weighted by atomic mass is 35.5. The van der Waals surface area contributed by atoms with Crippen LogP contribution in [-0.4, -0.2) is 66.0 Å². The van der Waals surface area contributed by atoms with E-state index >= 15 is 0 Å². The first-order chi connectivity index (χ1) is 16.3. The number of nitrogens with zero attached hydrogens (tertiary/aromatic N) is 5. The Hall–Kier alpha value is -2.88. The number of sulfonamides is 1. The minimum Gasteiger partial charge on any atom is -0.369 e. The summed E-state index contributed by atoms with van der Waals surface area (Å²) in [6, 6.07) is 15.5. The Morgan fingerprint density at radius 2 is 1.62 bits per heavy atom. The highest BCUT2D eigenvalue weighted by Gasteiger charge is 2.36. The number of piperazine rings is 1. The Balaban J connectivity index is 1.34. The maximum absolute atomic E-state index is 13.5. The molecule has 2 aliphatic rings. The number of hydrogen-bond acceptors (Lipinski definition) is 5. The summed E-state index contributed by atoms with van der Waals surface area (Å²) in [5.74, 6) is -0.305. The van der Waals surface area contributed by atoms with Gasteiger partial charge in [0, 0.05) is 63.2 Å². The van der Waals surface area contributed by atoms with E-state index in [0.29, 0.717) is 44.3 Å². The summed E-state index contributed by atoms with van der Waals surface area (Å²) in [7, 11) is -2.28. The van der Waals surface area contributed by atoms with Crippen molar-refractivity contribution in [2.75, 3.05) is 37.6 Å². The molecule has 8 nitrogen and oxygen atoms in total. The van der Waals surface area contributed by atoms with Gasteiger partial charge in [-0.15, -0.1) is 0 Å². The first-order valence-electron chi connectivity index (χ1n) is 11.2. The van der Waals surface area contributed by atoms with Crippen molar-refractivity contribution in [3.8, 4) is 0 Å². The van der Waals surface area contributed by atoms with Crippen LogP contribution in [0.4, 0.5) is 5.69 Å². The molecule has 0 spiro atoms. The number of carbonyl (C=O) groups excluding carboxylic acids is 1. The highest BCUT2D eigenvalue weighted by molar-refractivity contribution is 7.89. The SMILES string of the molecule is Cn1cc(C(=O)N2CCc3ccccc3C2)c(S(=O)(=O)N2CCN(c3ccc(Cl)cc3)CC2)n1. The van der Waals surface area contributed by atoms with Crippen molar-refractivity contribution >= 4 is 33.2 Å². The molecule has 2 aliphatic heterocycles. The molecule has 34 heavy (non-hydrogen) atoms. The highest BCUT2D eigenvalue weighted by Crippen LogP contribution is 2.26. The van der Waals surface area contributed by atoms with Crippen molar-refractivity contribution in [1.82, 2.24) is 19.0 Å². The van der Waals surface area contributed by atoms with E-state index in [0.717, 1.165) is 17.7 Å². The van der Waals surface area contributed by atoms with E-state index in [1.165, 1.54) is 20.7 Å². The van der Waals surface area contributed by atoms with Crippen LogP contribution in [0.3, 0.4) is 0 Å². The van der Waals surface area contributed by atoms with Gasteiger partial charge in [-0.1, -0.05) is 35.9 Å². The van der Waals surface area contributed by atoms with Crippen molar-refractivity contribution in [2.24, 2.45) is 7.05 Å². The first-order valence-corrected chi connectivity index (χ1v) is 13.0. The largest absolute Gasteiger partial charge is 0.369 e. The summed E-state index contributed by atoms with van der Waals surface area (Å²) in [6.45, 7) is 2.71. The van der Waals surface area contributed by atoms with E-state index in [9.17, 15) is 13.2 Å². The van der Waals surface area contributed by atoms with Crippen LogP contribution in [0.25, 0.3) is 0 Å². The lowest BCUT2D eigenvalue weighted by atomic mass is 9.99. The second-order valence-electron chi connectivity index (χ2n) is 8.63. The van der Waals surface area contributed by atoms with Gasteiger partial charge in [-0.05, 0) is 41.8 Å². The average molecular weight is 500 g/mol. The van der Waals surface area contributed by atoms with E-state index in [1.807, 2.05) is 42.5 Å². The maximum Gasteiger partial charge on any atom is 0.263 e. The molecule has 0 N–H and O–H groups in total. The lowest BCUT2D eigenvalue weighted by Crippen LogP contribution is -2.49. The molecule has 5 rings (SSSR count). The monoisotopic (exact) mass is 499 g/mol. The van der Waals surface area contributed by atoms with Crippen LogP contribution in [0, 0.1) is 0 Å². The second-order valence-corrected chi connectivity index (χ2v) is 10.9. The van der Waals surface area contributed by atoms with Crippen molar-refractivity contribution < 1.29 is 13.2 Å². The van der Waals surface area contributed by atoms with Crippen LogP contribution in [0.2, 0.25) is 5.02 Å². The molecule has 0 atom stereocenters. The van der Waals surface area contributed by atoms with Crippen molar-refractivity contribution in [1.29, 1.82) is 0 Å². The number of aromatic nitrogens is 2. The number of hydrogen-bond donors (Lipinski definition) is 0. The molecule has 3 aromatic rings. The zero-order chi connectivity index (χ0) is 23.9. The molecular weight excluding hydrogens is 474 g/mol. The van der Waals surface area contributed by atoms with Crippen LogP contribution >= 0.6 is 11.6 Å². The summed E-state index contributed by atoms with van der Waals surface area (Å²) in [5, 5.41) is 4.71. The van der Waals surface area contributed by atoms with E-state index in [2.05, 4.69) is 16.1 Å². The van der Waals surface area contributed by atoms with Crippen LogP contribution in [-0.2, 0) is 30.0 Å². The summed E-state index contributed by atoms with van der Waals surface area (Å²) in [4.78, 5) is 17.2. The van der Waals surface area contributed by atoms with Gasteiger partial charge in [-0.3, -0.25) is 9.48 Å². The molecule has 0 radical (unpaired) electrons. The number of halogens is 1. The van der Waals surface area contributed by atoms with E-state index < -0.39 is 10.0 Å². The van der Waals surface area contributed by atoms with Gasteiger partial charge in [0.15, 0.2) is 0 Å². The number of aryl methyl sites for hydroxylation is 1. The number of rotatable bonds is 4. The predicted octanol–water partition coefficient (Wildman–Crippen LogP) is 2.78. The van der Waals surface area contributed by atoms with Gasteiger partial charge in [-0.2, -0.15) is 9.40 Å². The molecular formula is C24H26ClN5O3S. The number of amides is 1. The minimum absolute atomic E-state index is 0.127. The molecule has 1 amide bonds. The standard InChI is InChI=1S/C24H26ClN5O3S/c1-27-17-22(24(31)29-11-10-18-4-2-3-5-19(18)16-29)23(26-27)34(32,33)30-14-12-28(13-15-30)21-8-6-20(25)7-9-21/h2-9,17H,10-16H2,1H3. The predicted molar refractivity (Wildman–Crippen MR) is 131 cm³/mol. The Morgan fingerprint density at radius 1 is 0.941 bits per heavy atom. The number of anilines is 1. The first kappa shape index (κ1) is 22.9. The number of benzene rings is 2.